The first-order valence-corrected chi connectivity index (χ1v) is 4.50. The summed E-state index contributed by atoms with van der Waals surface area (Å²) >= 11 is 0. The van der Waals surface area contributed by atoms with Crippen molar-refractivity contribution in [3.05, 3.63) is 24.5 Å². The minimum absolute atomic E-state index is 0.102. The third kappa shape index (κ3) is 2.73. The average Bonchev–Trinajstić information content (AvgIpc) is 2.18. The number of pyridine rings is 1. The second-order valence-corrected chi connectivity index (χ2v) is 3.30. The second-order valence-electron chi connectivity index (χ2n) is 3.30. The molecular weight excluding hydrogens is 180 g/mol. The van der Waals surface area contributed by atoms with Crippen molar-refractivity contribution in [3.63, 3.8) is 0 Å². The van der Waals surface area contributed by atoms with Gasteiger partial charge in [0.15, 0.2) is 0 Å². The van der Waals surface area contributed by atoms with E-state index in [0.29, 0.717) is 0 Å². The number of rotatable bonds is 4. The van der Waals surface area contributed by atoms with Crippen LogP contribution in [0.25, 0.3) is 0 Å². The summed E-state index contributed by atoms with van der Waals surface area (Å²) < 4.78 is 0. The summed E-state index contributed by atoms with van der Waals surface area (Å²) in [6.45, 7) is 3.53. The summed E-state index contributed by atoms with van der Waals surface area (Å²) in [5.74, 6) is -1.21. The molecule has 1 rings (SSSR count). The Morgan fingerprint density at radius 1 is 1.43 bits per heavy atom. The van der Waals surface area contributed by atoms with Gasteiger partial charge in [-0.2, -0.15) is 0 Å². The van der Waals surface area contributed by atoms with Crippen molar-refractivity contribution >= 4 is 11.7 Å². The van der Waals surface area contributed by atoms with Gasteiger partial charge in [0.1, 0.15) is 0 Å². The summed E-state index contributed by atoms with van der Waals surface area (Å²) in [6.07, 6.45) is 3.33. The van der Waals surface area contributed by atoms with Gasteiger partial charge in [-0.3, -0.25) is 9.78 Å². The molecule has 0 bridgehead atoms. The van der Waals surface area contributed by atoms with E-state index in [1.54, 1.807) is 19.3 Å². The molecule has 2 atom stereocenters. The topological polar surface area (TPSA) is 62.2 Å². The van der Waals surface area contributed by atoms with Crippen LogP contribution in [0.15, 0.2) is 24.5 Å². The molecule has 2 unspecified atom stereocenters. The molecule has 1 aromatic rings. The highest BCUT2D eigenvalue weighted by Gasteiger charge is 2.18. The van der Waals surface area contributed by atoms with E-state index in [2.05, 4.69) is 10.3 Å². The molecule has 76 valence electrons. The second kappa shape index (κ2) is 4.60. The number of carboxylic acids is 1. The van der Waals surface area contributed by atoms with E-state index in [9.17, 15) is 4.79 Å². The van der Waals surface area contributed by atoms with Crippen LogP contribution in [0.2, 0.25) is 0 Å². The Hall–Kier alpha value is -1.58. The molecule has 14 heavy (non-hydrogen) atoms. The lowest BCUT2D eigenvalue weighted by Gasteiger charge is -2.18. The highest BCUT2D eigenvalue weighted by molar-refractivity contribution is 5.71. The predicted octanol–water partition coefficient (Wildman–Crippen LogP) is 1.60. The first kappa shape index (κ1) is 10.5. The molecule has 0 aromatic carbocycles. The van der Waals surface area contributed by atoms with Gasteiger partial charge in [0.25, 0.3) is 0 Å². The molecule has 0 amide bonds. The smallest absolute Gasteiger partial charge is 0.308 e. The Kier molecular flexibility index (Phi) is 3.45. The van der Waals surface area contributed by atoms with Gasteiger partial charge < -0.3 is 10.4 Å². The van der Waals surface area contributed by atoms with Gasteiger partial charge in [0.2, 0.25) is 0 Å². The van der Waals surface area contributed by atoms with Crippen LogP contribution in [0.4, 0.5) is 5.69 Å². The zero-order chi connectivity index (χ0) is 10.6. The SMILES string of the molecule is CC(Nc1ccncc1)C(C)C(=O)O. The summed E-state index contributed by atoms with van der Waals surface area (Å²) in [7, 11) is 0. The molecule has 0 aliphatic carbocycles. The van der Waals surface area contributed by atoms with Crippen LogP contribution < -0.4 is 5.32 Å². The molecule has 4 heteroatoms. The quantitative estimate of drug-likeness (QED) is 0.764. The van der Waals surface area contributed by atoms with Crippen molar-refractivity contribution in [1.82, 2.24) is 4.98 Å². The number of hydrogen-bond donors (Lipinski definition) is 2. The molecule has 0 saturated heterocycles. The van der Waals surface area contributed by atoms with Crippen molar-refractivity contribution in [2.45, 2.75) is 19.9 Å². The number of anilines is 1. The van der Waals surface area contributed by atoms with Gasteiger partial charge in [-0.15, -0.1) is 0 Å². The maximum Gasteiger partial charge on any atom is 0.308 e. The van der Waals surface area contributed by atoms with E-state index in [1.165, 1.54) is 0 Å². The van der Waals surface area contributed by atoms with Crippen LogP contribution in [0, 0.1) is 5.92 Å². The minimum atomic E-state index is -0.793. The number of nitrogens with zero attached hydrogens (tertiary/aromatic N) is 1. The van der Waals surface area contributed by atoms with Gasteiger partial charge in [-0.05, 0) is 26.0 Å². The predicted molar refractivity (Wildman–Crippen MR) is 54.1 cm³/mol. The number of carboxylic acid groups (broad SMARTS) is 1. The van der Waals surface area contributed by atoms with E-state index in [-0.39, 0.29) is 6.04 Å². The molecule has 4 nitrogen and oxygen atoms in total. The van der Waals surface area contributed by atoms with Gasteiger partial charge in [0.05, 0.1) is 5.92 Å². The molecule has 0 saturated carbocycles. The fraction of sp³-hybridized carbons (Fsp3) is 0.400. The molecule has 1 aromatic heterocycles. The number of aromatic nitrogens is 1. The van der Waals surface area contributed by atoms with Crippen LogP contribution in [0.1, 0.15) is 13.8 Å². The molecular formula is C10H14N2O2. The fourth-order valence-corrected chi connectivity index (χ4v) is 1.05. The third-order valence-corrected chi connectivity index (χ3v) is 2.21. The van der Waals surface area contributed by atoms with Crippen molar-refractivity contribution in [2.24, 2.45) is 5.92 Å². The number of carbonyl (C=O) groups is 1. The lowest BCUT2D eigenvalue weighted by Crippen LogP contribution is -2.29. The van der Waals surface area contributed by atoms with Gasteiger partial charge in [-0.25, -0.2) is 0 Å². The largest absolute Gasteiger partial charge is 0.481 e. The maximum atomic E-state index is 10.7. The Balaban J connectivity index is 2.57. The summed E-state index contributed by atoms with van der Waals surface area (Å²) in [5.41, 5.74) is 0.889. The minimum Gasteiger partial charge on any atom is -0.481 e. The van der Waals surface area contributed by atoms with E-state index >= 15 is 0 Å². The number of hydrogen-bond acceptors (Lipinski definition) is 3. The van der Waals surface area contributed by atoms with Crippen LogP contribution in [0.5, 0.6) is 0 Å². The Morgan fingerprint density at radius 3 is 2.50 bits per heavy atom. The van der Waals surface area contributed by atoms with E-state index in [0.717, 1.165) is 5.69 Å². The molecule has 0 radical (unpaired) electrons. The lowest BCUT2D eigenvalue weighted by atomic mass is 10.0. The van der Waals surface area contributed by atoms with Crippen molar-refractivity contribution < 1.29 is 9.90 Å². The Morgan fingerprint density at radius 2 is 2.00 bits per heavy atom. The fourth-order valence-electron chi connectivity index (χ4n) is 1.05. The highest BCUT2D eigenvalue weighted by Crippen LogP contribution is 2.11. The molecule has 0 aliphatic rings. The van der Waals surface area contributed by atoms with Crippen LogP contribution >= 0.6 is 0 Å². The van der Waals surface area contributed by atoms with E-state index in [1.807, 2.05) is 19.1 Å². The van der Waals surface area contributed by atoms with E-state index in [4.69, 9.17) is 5.11 Å². The average molecular weight is 194 g/mol. The Bertz CT molecular complexity index is 300. The van der Waals surface area contributed by atoms with Crippen molar-refractivity contribution in [1.29, 1.82) is 0 Å². The zero-order valence-corrected chi connectivity index (χ0v) is 8.27. The normalized spacial score (nSPS) is 14.4. The molecule has 0 fully saturated rings. The first-order valence-electron chi connectivity index (χ1n) is 4.50. The lowest BCUT2D eigenvalue weighted by molar-refractivity contribution is -0.141. The number of nitrogens with one attached hydrogen (secondary N) is 1. The van der Waals surface area contributed by atoms with Crippen molar-refractivity contribution in [2.75, 3.05) is 5.32 Å². The van der Waals surface area contributed by atoms with E-state index < -0.39 is 11.9 Å². The summed E-state index contributed by atoms with van der Waals surface area (Å²) in [4.78, 5) is 14.6. The standard InChI is InChI=1S/C10H14N2O2/c1-7(10(13)14)8(2)12-9-3-5-11-6-4-9/h3-8H,1-2H3,(H,11,12)(H,13,14). The van der Waals surface area contributed by atoms with Crippen molar-refractivity contribution in [3.8, 4) is 0 Å². The first-order chi connectivity index (χ1) is 6.61. The summed E-state index contributed by atoms with van der Waals surface area (Å²) in [5, 5.41) is 11.9. The zero-order valence-electron chi connectivity index (χ0n) is 8.27. The Labute approximate surface area is 83.0 Å². The van der Waals surface area contributed by atoms with Crippen LogP contribution in [0.3, 0.4) is 0 Å². The van der Waals surface area contributed by atoms with Gasteiger partial charge in [0, 0.05) is 24.1 Å². The van der Waals surface area contributed by atoms with Crippen LogP contribution in [-0.4, -0.2) is 22.1 Å². The molecule has 0 spiro atoms. The number of aliphatic carboxylic acids is 1. The third-order valence-electron chi connectivity index (χ3n) is 2.21. The maximum absolute atomic E-state index is 10.7. The van der Waals surface area contributed by atoms with Gasteiger partial charge in [-0.1, -0.05) is 0 Å². The monoisotopic (exact) mass is 194 g/mol. The van der Waals surface area contributed by atoms with Gasteiger partial charge >= 0.3 is 5.97 Å². The summed E-state index contributed by atoms with van der Waals surface area (Å²) in [6, 6.07) is 3.52. The highest BCUT2D eigenvalue weighted by atomic mass is 16.4. The molecule has 2 N–H and O–H groups in total. The molecule has 1 heterocycles. The molecule has 0 aliphatic heterocycles. The van der Waals surface area contributed by atoms with Crippen LogP contribution in [-0.2, 0) is 4.79 Å².